The fourth-order valence-electron chi connectivity index (χ4n) is 3.41. The second-order valence-electron chi connectivity index (χ2n) is 7.13. The number of hydrogen-bond acceptors (Lipinski definition) is 6. The van der Waals surface area contributed by atoms with E-state index in [9.17, 15) is 12.8 Å². The lowest BCUT2D eigenvalue weighted by Gasteiger charge is -2.30. The topological polar surface area (TPSA) is 93.0 Å². The van der Waals surface area contributed by atoms with Crippen LogP contribution in [0.5, 0.6) is 0 Å². The SMILES string of the molecule is Cc1ncc(-c2nc(NC3CCN(S(C)(=O)=O)CC3)ncc2F)n1C(C)C. The number of nitrogens with one attached hydrogen (secondary N) is 1. The minimum absolute atomic E-state index is 0.0399. The second kappa shape index (κ2) is 7.51. The van der Waals surface area contributed by atoms with Crippen LogP contribution >= 0.6 is 0 Å². The summed E-state index contributed by atoms with van der Waals surface area (Å²) in [4.78, 5) is 12.7. The molecule has 1 N–H and O–H groups in total. The monoisotopic (exact) mass is 396 g/mol. The molecule has 1 aliphatic rings. The van der Waals surface area contributed by atoms with Gasteiger partial charge in [-0.25, -0.2) is 32.1 Å². The van der Waals surface area contributed by atoms with Crippen LogP contribution in [-0.2, 0) is 10.0 Å². The van der Waals surface area contributed by atoms with Crippen molar-refractivity contribution in [3.8, 4) is 11.4 Å². The van der Waals surface area contributed by atoms with Crippen LogP contribution in [-0.4, -0.2) is 57.6 Å². The highest BCUT2D eigenvalue weighted by Gasteiger charge is 2.25. The Labute approximate surface area is 158 Å². The molecule has 1 fully saturated rings. The average Bonchev–Trinajstić information content (AvgIpc) is 2.98. The van der Waals surface area contributed by atoms with Crippen LogP contribution in [0.4, 0.5) is 10.3 Å². The Morgan fingerprint density at radius 2 is 1.89 bits per heavy atom. The maximum absolute atomic E-state index is 14.4. The molecule has 1 aliphatic heterocycles. The predicted octanol–water partition coefficient (Wildman–Crippen LogP) is 2.20. The molecule has 2 aromatic rings. The van der Waals surface area contributed by atoms with Crippen LogP contribution in [0.25, 0.3) is 11.4 Å². The van der Waals surface area contributed by atoms with Crippen molar-refractivity contribution >= 4 is 16.0 Å². The van der Waals surface area contributed by atoms with Crippen molar-refractivity contribution in [1.29, 1.82) is 0 Å². The van der Waals surface area contributed by atoms with Crippen LogP contribution in [0, 0.1) is 12.7 Å². The highest BCUT2D eigenvalue weighted by atomic mass is 32.2. The number of anilines is 1. The van der Waals surface area contributed by atoms with Crippen LogP contribution in [0.3, 0.4) is 0 Å². The van der Waals surface area contributed by atoms with Gasteiger partial charge in [0.15, 0.2) is 5.82 Å². The lowest BCUT2D eigenvalue weighted by Crippen LogP contribution is -2.42. The molecule has 3 heterocycles. The minimum Gasteiger partial charge on any atom is -0.351 e. The Morgan fingerprint density at radius 3 is 2.48 bits per heavy atom. The van der Waals surface area contributed by atoms with Gasteiger partial charge in [-0.1, -0.05) is 0 Å². The van der Waals surface area contributed by atoms with Crippen molar-refractivity contribution in [2.75, 3.05) is 24.7 Å². The highest BCUT2D eigenvalue weighted by Crippen LogP contribution is 2.26. The quantitative estimate of drug-likeness (QED) is 0.833. The fraction of sp³-hybridized carbons (Fsp3) is 0.588. The Balaban J connectivity index is 1.79. The summed E-state index contributed by atoms with van der Waals surface area (Å²) < 4.78 is 41.0. The van der Waals surface area contributed by atoms with E-state index in [4.69, 9.17) is 0 Å². The van der Waals surface area contributed by atoms with Gasteiger partial charge in [-0.05, 0) is 33.6 Å². The molecular weight excluding hydrogens is 371 g/mol. The molecule has 0 radical (unpaired) electrons. The van der Waals surface area contributed by atoms with Gasteiger partial charge in [-0.15, -0.1) is 0 Å². The molecule has 0 amide bonds. The van der Waals surface area contributed by atoms with E-state index in [2.05, 4.69) is 20.3 Å². The number of rotatable bonds is 5. The first-order valence-corrected chi connectivity index (χ1v) is 10.8. The fourth-order valence-corrected chi connectivity index (χ4v) is 4.29. The molecule has 10 heteroatoms. The number of piperidine rings is 1. The van der Waals surface area contributed by atoms with Crippen LogP contribution in [0.1, 0.15) is 38.6 Å². The number of halogens is 1. The largest absolute Gasteiger partial charge is 0.351 e. The molecule has 0 aromatic carbocycles. The molecule has 0 bridgehead atoms. The molecule has 0 spiro atoms. The second-order valence-corrected chi connectivity index (χ2v) is 9.11. The molecule has 148 valence electrons. The first kappa shape index (κ1) is 19.7. The number of hydrogen-bond donors (Lipinski definition) is 1. The minimum atomic E-state index is -3.17. The summed E-state index contributed by atoms with van der Waals surface area (Å²) in [7, 11) is -3.17. The van der Waals surface area contributed by atoms with Crippen molar-refractivity contribution in [3.63, 3.8) is 0 Å². The van der Waals surface area contributed by atoms with Crippen molar-refractivity contribution in [2.45, 2.75) is 45.7 Å². The number of aromatic nitrogens is 4. The molecular formula is C17H25FN6O2S. The molecule has 0 saturated carbocycles. The Morgan fingerprint density at radius 1 is 1.22 bits per heavy atom. The Bertz CT molecular complexity index is 920. The van der Waals surface area contributed by atoms with Crippen LogP contribution in [0.15, 0.2) is 12.4 Å². The summed E-state index contributed by atoms with van der Waals surface area (Å²) in [5, 5.41) is 3.21. The summed E-state index contributed by atoms with van der Waals surface area (Å²) in [5.74, 6) is 0.619. The third-order valence-electron chi connectivity index (χ3n) is 4.74. The summed E-state index contributed by atoms with van der Waals surface area (Å²) in [6, 6.07) is 0.159. The van der Waals surface area contributed by atoms with E-state index >= 15 is 0 Å². The van der Waals surface area contributed by atoms with Crippen LogP contribution in [0.2, 0.25) is 0 Å². The van der Waals surface area contributed by atoms with Gasteiger partial charge in [-0.2, -0.15) is 0 Å². The summed E-state index contributed by atoms with van der Waals surface area (Å²) in [6.07, 6.45) is 5.28. The molecule has 0 atom stereocenters. The zero-order valence-corrected chi connectivity index (χ0v) is 16.8. The van der Waals surface area contributed by atoms with Gasteiger partial charge in [0.2, 0.25) is 16.0 Å². The number of aryl methyl sites for hydroxylation is 1. The number of imidazole rings is 1. The third kappa shape index (κ3) is 4.27. The van der Waals surface area contributed by atoms with E-state index in [1.807, 2.05) is 25.3 Å². The molecule has 2 aromatic heterocycles. The van der Waals surface area contributed by atoms with Gasteiger partial charge in [0.05, 0.1) is 24.3 Å². The predicted molar refractivity (Wildman–Crippen MR) is 101 cm³/mol. The third-order valence-corrected chi connectivity index (χ3v) is 6.04. The lowest BCUT2D eigenvalue weighted by molar-refractivity contribution is 0.331. The maximum atomic E-state index is 14.4. The summed E-state index contributed by atoms with van der Waals surface area (Å²) in [5.41, 5.74) is 0.813. The van der Waals surface area contributed by atoms with Crippen molar-refractivity contribution in [1.82, 2.24) is 23.8 Å². The van der Waals surface area contributed by atoms with E-state index in [1.165, 1.54) is 10.6 Å². The first-order valence-electron chi connectivity index (χ1n) is 8.95. The number of nitrogens with zero attached hydrogens (tertiary/aromatic N) is 5. The van der Waals surface area contributed by atoms with E-state index in [0.29, 0.717) is 37.6 Å². The number of sulfonamides is 1. The normalized spacial score (nSPS) is 16.8. The maximum Gasteiger partial charge on any atom is 0.223 e. The first-order chi connectivity index (χ1) is 12.7. The average molecular weight is 396 g/mol. The van der Waals surface area contributed by atoms with E-state index in [1.54, 1.807) is 6.20 Å². The molecule has 1 saturated heterocycles. The van der Waals surface area contributed by atoms with Gasteiger partial charge in [0.1, 0.15) is 11.5 Å². The molecule has 3 rings (SSSR count). The molecule has 27 heavy (non-hydrogen) atoms. The Hall–Kier alpha value is -2.07. The highest BCUT2D eigenvalue weighted by molar-refractivity contribution is 7.88. The zero-order valence-electron chi connectivity index (χ0n) is 16.0. The standard InChI is InChI=1S/C17H25FN6O2S/c1-11(2)24-12(3)19-10-15(24)16-14(18)9-20-17(22-16)21-13-5-7-23(8-6-13)27(4,25)26/h9-11,13H,5-8H2,1-4H3,(H,20,21,22). The lowest BCUT2D eigenvalue weighted by atomic mass is 10.1. The van der Waals surface area contributed by atoms with Crippen molar-refractivity contribution < 1.29 is 12.8 Å². The van der Waals surface area contributed by atoms with Crippen molar-refractivity contribution in [3.05, 3.63) is 24.0 Å². The van der Waals surface area contributed by atoms with Gasteiger partial charge in [-0.3, -0.25) is 0 Å². The van der Waals surface area contributed by atoms with Gasteiger partial charge in [0.25, 0.3) is 0 Å². The van der Waals surface area contributed by atoms with Gasteiger partial charge >= 0.3 is 0 Å². The molecule has 0 aliphatic carbocycles. The zero-order chi connectivity index (χ0) is 19.8. The van der Waals surface area contributed by atoms with Gasteiger partial charge < -0.3 is 9.88 Å². The van der Waals surface area contributed by atoms with Gasteiger partial charge in [0, 0.05) is 25.2 Å². The smallest absolute Gasteiger partial charge is 0.223 e. The van der Waals surface area contributed by atoms with E-state index < -0.39 is 15.8 Å². The van der Waals surface area contributed by atoms with Crippen molar-refractivity contribution in [2.24, 2.45) is 0 Å². The summed E-state index contributed by atoms with van der Waals surface area (Å²) in [6.45, 7) is 6.78. The van der Waals surface area contributed by atoms with Crippen LogP contribution < -0.4 is 5.32 Å². The molecule has 8 nitrogen and oxygen atoms in total. The summed E-state index contributed by atoms with van der Waals surface area (Å²) >= 11 is 0. The van der Waals surface area contributed by atoms with E-state index in [-0.39, 0.29) is 17.8 Å². The Kier molecular flexibility index (Phi) is 5.48. The van der Waals surface area contributed by atoms with E-state index in [0.717, 1.165) is 12.0 Å². The molecule has 0 unspecified atom stereocenters.